The van der Waals surface area contributed by atoms with Crippen molar-refractivity contribution in [3.63, 3.8) is 0 Å². The molecular weight excluding hydrogens is 815 g/mol. The predicted molar refractivity (Wildman–Crippen MR) is 283 cm³/mol. The van der Waals surface area contributed by atoms with E-state index in [1.807, 2.05) is 44.3 Å². The van der Waals surface area contributed by atoms with Crippen molar-refractivity contribution in [2.75, 3.05) is 0 Å². The first-order chi connectivity index (χ1) is 32.1. The van der Waals surface area contributed by atoms with Crippen molar-refractivity contribution in [3.8, 4) is 78.6 Å². The number of benzene rings is 7. The summed E-state index contributed by atoms with van der Waals surface area (Å²) in [4.78, 5) is 10.6. The molecule has 67 heavy (non-hydrogen) atoms. The molecule has 336 valence electrons. The number of pyridine rings is 1. The number of aromatic hydroxyl groups is 1. The van der Waals surface area contributed by atoms with E-state index in [2.05, 4.69) is 206 Å². The summed E-state index contributed by atoms with van der Waals surface area (Å²) in [5.41, 5.74) is 17.2. The Morgan fingerprint density at radius 2 is 1.09 bits per heavy atom. The van der Waals surface area contributed by atoms with E-state index in [9.17, 15) is 6.48 Å². The van der Waals surface area contributed by atoms with Crippen LogP contribution in [0.2, 0.25) is 0 Å². The summed E-state index contributed by atoms with van der Waals surface area (Å²) in [6, 6.07) is 57.8. The largest absolute Gasteiger partial charge is 0.507 e. The fraction of sp³-hybridized carbons (Fsp3) is 0.238. The minimum atomic E-state index is -0.919. The lowest BCUT2D eigenvalue weighted by molar-refractivity contribution is 0.446. The van der Waals surface area contributed by atoms with Crippen molar-refractivity contribution in [1.29, 1.82) is 0 Å². The number of para-hydroxylation sites is 1. The highest BCUT2D eigenvalue weighted by Gasteiger charge is 2.29. The Balaban J connectivity index is 1.28. The second-order valence-electron chi connectivity index (χ2n) is 21.4. The van der Waals surface area contributed by atoms with Crippen molar-refractivity contribution >= 4 is 11.0 Å². The summed E-state index contributed by atoms with van der Waals surface area (Å²) in [6.45, 7) is 23.8. The van der Waals surface area contributed by atoms with Gasteiger partial charge in [-0.3, -0.25) is 9.55 Å². The molecule has 0 bridgehead atoms. The topological polar surface area (TPSA) is 50.9 Å². The first kappa shape index (κ1) is 43.8. The van der Waals surface area contributed by atoms with E-state index in [-0.39, 0.29) is 22.0 Å². The summed E-state index contributed by atoms with van der Waals surface area (Å²) in [6.07, 6.45) is 1.91. The molecule has 0 unspecified atom stereocenters. The van der Waals surface area contributed by atoms with E-state index < -0.39 is 5.89 Å². The van der Waals surface area contributed by atoms with Gasteiger partial charge in [-0.05, 0) is 126 Å². The van der Waals surface area contributed by atoms with Gasteiger partial charge in [0, 0.05) is 29.9 Å². The van der Waals surface area contributed by atoms with E-state index in [1.165, 1.54) is 16.7 Å². The van der Waals surface area contributed by atoms with Crippen LogP contribution in [0.5, 0.6) is 5.75 Å². The van der Waals surface area contributed by atoms with Crippen LogP contribution in [0.4, 0.5) is 0 Å². The molecule has 9 rings (SSSR count). The summed E-state index contributed by atoms with van der Waals surface area (Å²) >= 11 is 0. The Hall–Kier alpha value is -7.04. The van der Waals surface area contributed by atoms with Crippen LogP contribution in [0.1, 0.15) is 106 Å². The molecular formula is C63H63N3O. The Kier molecular flexibility index (Phi) is 11.3. The third-order valence-electron chi connectivity index (χ3n) is 13.1. The molecule has 7 aromatic carbocycles. The SMILES string of the molecule is [2H]C(C)(C)c1cc(-n2c(-c3cc(C(C)(C)C)cc(C(C)(C)C)c3O)nc3c(-c4cc(-c5cc(-c6ccc(-c7ccccc7)cc6)ccn5)cc(C(C)(C)C)c4)cccc32)ccc1-c1ccccc1. The molecule has 0 saturated heterocycles. The van der Waals surface area contributed by atoms with Crippen LogP contribution in [0, 0.1) is 0 Å². The summed E-state index contributed by atoms with van der Waals surface area (Å²) in [7, 11) is 0. The molecule has 0 fully saturated rings. The van der Waals surface area contributed by atoms with Crippen LogP contribution >= 0.6 is 0 Å². The third kappa shape index (κ3) is 8.98. The Bertz CT molecular complexity index is 3300. The molecule has 0 radical (unpaired) electrons. The van der Waals surface area contributed by atoms with E-state index in [4.69, 9.17) is 9.97 Å². The fourth-order valence-electron chi connectivity index (χ4n) is 9.16. The highest BCUT2D eigenvalue weighted by atomic mass is 16.3. The standard InChI is InChI=1S/C63H63N3O/c1-40(2)53-39-50(29-30-51(53)44-21-16-13-17-22-44)66-57-24-18-23-52(58(57)65-60(66)54-37-49(62(6,7)8)38-55(59(54)67)63(9,10)11)46-33-47(35-48(34-46)61(3,4)5)56-36-45(31-32-64-56)43-27-25-42(26-28-43)41-19-14-12-15-20-41/h12-40,67H,1-11H3/i40D. The highest BCUT2D eigenvalue weighted by molar-refractivity contribution is 5.97. The number of phenols is 1. The average Bonchev–Trinajstić information content (AvgIpc) is 3.70. The van der Waals surface area contributed by atoms with Crippen LogP contribution in [0.25, 0.3) is 83.9 Å². The first-order valence-electron chi connectivity index (χ1n) is 24.0. The van der Waals surface area contributed by atoms with Gasteiger partial charge in [-0.25, -0.2) is 4.98 Å². The van der Waals surface area contributed by atoms with E-state index >= 15 is 0 Å². The molecule has 9 aromatic rings. The maximum Gasteiger partial charge on any atom is 0.149 e. The zero-order chi connectivity index (χ0) is 48.3. The van der Waals surface area contributed by atoms with Gasteiger partial charge in [0.1, 0.15) is 11.6 Å². The molecule has 0 saturated carbocycles. The zero-order valence-electron chi connectivity index (χ0n) is 42.0. The van der Waals surface area contributed by atoms with Crippen molar-refractivity contribution in [2.24, 2.45) is 0 Å². The minimum Gasteiger partial charge on any atom is -0.507 e. The van der Waals surface area contributed by atoms with Gasteiger partial charge in [0.2, 0.25) is 0 Å². The van der Waals surface area contributed by atoms with Crippen LogP contribution in [-0.2, 0) is 16.2 Å². The molecule has 0 aliphatic carbocycles. The predicted octanol–water partition coefficient (Wildman–Crippen LogP) is 17.1. The molecule has 2 aromatic heterocycles. The lowest BCUT2D eigenvalue weighted by Gasteiger charge is -2.27. The van der Waals surface area contributed by atoms with Crippen LogP contribution in [-0.4, -0.2) is 19.6 Å². The van der Waals surface area contributed by atoms with Crippen molar-refractivity contribution in [2.45, 2.75) is 98.3 Å². The maximum atomic E-state index is 12.5. The van der Waals surface area contributed by atoms with Crippen LogP contribution < -0.4 is 0 Å². The molecule has 0 atom stereocenters. The Morgan fingerprint density at radius 1 is 0.493 bits per heavy atom. The lowest BCUT2D eigenvalue weighted by atomic mass is 9.79. The highest BCUT2D eigenvalue weighted by Crippen LogP contribution is 2.45. The minimum absolute atomic E-state index is 0.170. The molecule has 2 heterocycles. The zero-order valence-corrected chi connectivity index (χ0v) is 41.0. The molecule has 1 N–H and O–H groups in total. The van der Waals surface area contributed by atoms with Gasteiger partial charge < -0.3 is 5.11 Å². The molecule has 4 nitrogen and oxygen atoms in total. The van der Waals surface area contributed by atoms with Gasteiger partial charge in [0.25, 0.3) is 0 Å². The van der Waals surface area contributed by atoms with Gasteiger partial charge >= 0.3 is 0 Å². The Morgan fingerprint density at radius 3 is 1.72 bits per heavy atom. The summed E-state index contributed by atoms with van der Waals surface area (Å²) in [5.74, 6) is -0.0528. The fourth-order valence-corrected chi connectivity index (χ4v) is 9.16. The lowest BCUT2D eigenvalue weighted by Crippen LogP contribution is -2.17. The number of rotatable bonds is 8. The third-order valence-corrected chi connectivity index (χ3v) is 13.1. The van der Waals surface area contributed by atoms with Crippen molar-refractivity contribution < 1.29 is 6.48 Å². The second kappa shape index (κ2) is 17.3. The van der Waals surface area contributed by atoms with Crippen LogP contribution in [0.15, 0.2) is 170 Å². The molecule has 0 amide bonds. The van der Waals surface area contributed by atoms with Crippen LogP contribution in [0.3, 0.4) is 0 Å². The molecule has 0 aliphatic heterocycles. The number of hydrogen-bond acceptors (Lipinski definition) is 3. The van der Waals surface area contributed by atoms with Crippen molar-refractivity contribution in [1.82, 2.24) is 14.5 Å². The van der Waals surface area contributed by atoms with E-state index in [1.54, 1.807) is 0 Å². The first-order valence-corrected chi connectivity index (χ1v) is 23.5. The Labute approximate surface area is 399 Å². The summed E-state index contributed by atoms with van der Waals surface area (Å²) < 4.78 is 11.6. The number of imidazole rings is 1. The summed E-state index contributed by atoms with van der Waals surface area (Å²) in [5, 5.41) is 12.5. The normalized spacial score (nSPS) is 12.7. The van der Waals surface area contributed by atoms with Crippen molar-refractivity contribution in [3.05, 3.63) is 192 Å². The van der Waals surface area contributed by atoms with Gasteiger partial charge in [-0.1, -0.05) is 191 Å². The van der Waals surface area contributed by atoms with Gasteiger partial charge in [-0.2, -0.15) is 0 Å². The number of aromatic nitrogens is 3. The quantitative estimate of drug-likeness (QED) is 0.165. The average molecular weight is 879 g/mol. The smallest absolute Gasteiger partial charge is 0.149 e. The van der Waals surface area contributed by atoms with Gasteiger partial charge in [0.15, 0.2) is 0 Å². The van der Waals surface area contributed by atoms with E-state index in [0.29, 0.717) is 11.4 Å². The molecule has 0 spiro atoms. The maximum absolute atomic E-state index is 12.5. The number of fused-ring (bicyclic) bond motifs is 1. The monoisotopic (exact) mass is 879 g/mol. The van der Waals surface area contributed by atoms with Gasteiger partial charge in [0.05, 0.1) is 22.3 Å². The molecule has 4 heteroatoms. The second-order valence-corrected chi connectivity index (χ2v) is 21.4. The van der Waals surface area contributed by atoms with Gasteiger partial charge in [-0.15, -0.1) is 0 Å². The molecule has 0 aliphatic rings. The number of phenolic OH excluding ortho intramolecular Hbond substituents is 1. The van der Waals surface area contributed by atoms with E-state index in [0.717, 1.165) is 78.0 Å². The number of nitrogens with zero attached hydrogens (tertiary/aromatic N) is 3. The number of hydrogen-bond donors (Lipinski definition) is 1.